The van der Waals surface area contributed by atoms with Gasteiger partial charge in [0.1, 0.15) is 17.2 Å². The van der Waals surface area contributed by atoms with Crippen LogP contribution >= 0.6 is 0 Å². The van der Waals surface area contributed by atoms with Crippen molar-refractivity contribution >= 4 is 0 Å². The minimum atomic E-state index is -0.549. The van der Waals surface area contributed by atoms with Gasteiger partial charge < -0.3 is 14.7 Å². The SMILES string of the molecule is CCCN1CCCC2(CC1)C[C@H](O)c1ccc(F)cc1O2. The van der Waals surface area contributed by atoms with E-state index in [0.717, 1.165) is 50.9 Å². The third-order valence-corrected chi connectivity index (χ3v) is 4.76. The summed E-state index contributed by atoms with van der Waals surface area (Å²) in [5.41, 5.74) is 0.389. The first-order valence-electron chi connectivity index (χ1n) is 8.01. The lowest BCUT2D eigenvalue weighted by molar-refractivity contribution is -0.0241. The quantitative estimate of drug-likeness (QED) is 0.908. The lowest BCUT2D eigenvalue weighted by Crippen LogP contribution is -2.42. The second-order valence-corrected chi connectivity index (χ2v) is 6.38. The lowest BCUT2D eigenvalue weighted by Gasteiger charge is -2.40. The fraction of sp³-hybridized carbons (Fsp3) is 0.647. The van der Waals surface area contributed by atoms with E-state index in [9.17, 15) is 9.50 Å². The summed E-state index contributed by atoms with van der Waals surface area (Å²) < 4.78 is 19.6. The summed E-state index contributed by atoms with van der Waals surface area (Å²) in [7, 11) is 0. The van der Waals surface area contributed by atoms with E-state index >= 15 is 0 Å². The monoisotopic (exact) mass is 293 g/mol. The average molecular weight is 293 g/mol. The molecular weight excluding hydrogens is 269 g/mol. The van der Waals surface area contributed by atoms with Crippen molar-refractivity contribution < 1.29 is 14.2 Å². The van der Waals surface area contributed by atoms with Gasteiger partial charge in [-0.05, 0) is 50.9 Å². The molecule has 3 nitrogen and oxygen atoms in total. The van der Waals surface area contributed by atoms with E-state index in [4.69, 9.17) is 4.74 Å². The van der Waals surface area contributed by atoms with Crippen molar-refractivity contribution in [3.05, 3.63) is 29.6 Å². The van der Waals surface area contributed by atoms with E-state index in [1.54, 1.807) is 6.07 Å². The molecule has 0 bridgehead atoms. The Kier molecular flexibility index (Phi) is 4.18. The van der Waals surface area contributed by atoms with Crippen molar-refractivity contribution in [1.29, 1.82) is 0 Å². The maximum absolute atomic E-state index is 13.5. The van der Waals surface area contributed by atoms with Gasteiger partial charge >= 0.3 is 0 Å². The molecule has 116 valence electrons. The van der Waals surface area contributed by atoms with Crippen molar-refractivity contribution in [1.82, 2.24) is 4.90 Å². The van der Waals surface area contributed by atoms with Gasteiger partial charge in [-0.1, -0.05) is 6.92 Å². The first-order valence-corrected chi connectivity index (χ1v) is 8.01. The number of aliphatic hydroxyl groups excluding tert-OH is 1. The molecule has 1 fully saturated rings. The highest BCUT2D eigenvalue weighted by Gasteiger charge is 2.41. The van der Waals surface area contributed by atoms with Crippen LogP contribution in [0.5, 0.6) is 5.75 Å². The minimum Gasteiger partial charge on any atom is -0.487 e. The highest BCUT2D eigenvalue weighted by atomic mass is 19.1. The smallest absolute Gasteiger partial charge is 0.128 e. The zero-order valence-corrected chi connectivity index (χ0v) is 12.6. The molecule has 1 spiro atoms. The van der Waals surface area contributed by atoms with E-state index in [2.05, 4.69) is 11.8 Å². The maximum Gasteiger partial charge on any atom is 0.128 e. The number of hydrogen-bond acceptors (Lipinski definition) is 3. The molecule has 0 amide bonds. The van der Waals surface area contributed by atoms with Crippen LogP contribution in [0.1, 0.15) is 50.7 Å². The van der Waals surface area contributed by atoms with Crippen LogP contribution in [-0.4, -0.2) is 35.2 Å². The Morgan fingerprint density at radius 1 is 1.38 bits per heavy atom. The van der Waals surface area contributed by atoms with Crippen LogP contribution in [-0.2, 0) is 0 Å². The van der Waals surface area contributed by atoms with Crippen molar-refractivity contribution in [3.8, 4) is 5.75 Å². The summed E-state index contributed by atoms with van der Waals surface area (Å²) in [4.78, 5) is 2.46. The number of hydrogen-bond donors (Lipinski definition) is 1. The van der Waals surface area contributed by atoms with Crippen molar-refractivity contribution in [2.75, 3.05) is 19.6 Å². The number of fused-ring (bicyclic) bond motifs is 1. The van der Waals surface area contributed by atoms with E-state index in [-0.39, 0.29) is 11.4 Å². The fourth-order valence-corrected chi connectivity index (χ4v) is 3.68. The molecule has 1 unspecified atom stereocenters. The number of benzene rings is 1. The fourth-order valence-electron chi connectivity index (χ4n) is 3.68. The molecule has 2 aliphatic rings. The zero-order chi connectivity index (χ0) is 14.9. The maximum atomic E-state index is 13.5. The molecular formula is C17H24FNO2. The van der Waals surface area contributed by atoms with Crippen LogP contribution in [0.3, 0.4) is 0 Å². The Morgan fingerprint density at radius 3 is 3.05 bits per heavy atom. The molecule has 0 radical (unpaired) electrons. The van der Waals surface area contributed by atoms with Gasteiger partial charge in [0.25, 0.3) is 0 Å². The molecule has 3 rings (SSSR count). The summed E-state index contributed by atoms with van der Waals surface area (Å²) in [6.45, 7) is 5.39. The summed E-state index contributed by atoms with van der Waals surface area (Å²) in [5.74, 6) is 0.219. The first kappa shape index (κ1) is 14.8. The molecule has 0 aliphatic carbocycles. The molecule has 2 heterocycles. The van der Waals surface area contributed by atoms with Gasteiger partial charge in [0, 0.05) is 24.6 Å². The van der Waals surface area contributed by atoms with Gasteiger partial charge in [0.05, 0.1) is 6.10 Å². The average Bonchev–Trinajstić information content (AvgIpc) is 2.62. The number of likely N-dealkylation sites (tertiary alicyclic amines) is 1. The highest BCUT2D eigenvalue weighted by Crippen LogP contribution is 2.44. The van der Waals surface area contributed by atoms with Crippen molar-refractivity contribution in [2.45, 2.75) is 50.7 Å². The third kappa shape index (κ3) is 3.06. The van der Waals surface area contributed by atoms with E-state index in [0.29, 0.717) is 12.2 Å². The second kappa shape index (κ2) is 5.93. The zero-order valence-electron chi connectivity index (χ0n) is 12.6. The van der Waals surface area contributed by atoms with Gasteiger partial charge in [-0.15, -0.1) is 0 Å². The third-order valence-electron chi connectivity index (χ3n) is 4.76. The Labute approximate surface area is 125 Å². The van der Waals surface area contributed by atoms with Crippen LogP contribution in [0, 0.1) is 5.82 Å². The summed E-state index contributed by atoms with van der Waals surface area (Å²) in [5, 5.41) is 10.4. The summed E-state index contributed by atoms with van der Waals surface area (Å²) in [6, 6.07) is 4.44. The van der Waals surface area contributed by atoms with Crippen molar-refractivity contribution in [2.24, 2.45) is 0 Å². The Balaban J connectivity index is 1.80. The van der Waals surface area contributed by atoms with Gasteiger partial charge in [0.15, 0.2) is 0 Å². The first-order chi connectivity index (χ1) is 10.1. The predicted molar refractivity (Wildman–Crippen MR) is 79.9 cm³/mol. The molecule has 21 heavy (non-hydrogen) atoms. The molecule has 0 aromatic heterocycles. The molecule has 1 N–H and O–H groups in total. The Bertz CT molecular complexity index is 508. The topological polar surface area (TPSA) is 32.7 Å². The van der Waals surface area contributed by atoms with Crippen LogP contribution in [0.25, 0.3) is 0 Å². The molecule has 1 aromatic rings. The number of ether oxygens (including phenoxy) is 1. The van der Waals surface area contributed by atoms with E-state index < -0.39 is 6.10 Å². The lowest BCUT2D eigenvalue weighted by atomic mass is 9.83. The molecule has 4 heteroatoms. The second-order valence-electron chi connectivity index (χ2n) is 6.38. The van der Waals surface area contributed by atoms with Gasteiger partial charge in [-0.3, -0.25) is 0 Å². The highest BCUT2D eigenvalue weighted by molar-refractivity contribution is 5.38. The summed E-state index contributed by atoms with van der Waals surface area (Å²) >= 11 is 0. The van der Waals surface area contributed by atoms with E-state index in [1.165, 1.54) is 12.1 Å². The molecule has 1 saturated heterocycles. The minimum absolute atomic E-state index is 0.306. The van der Waals surface area contributed by atoms with Gasteiger partial charge in [-0.25, -0.2) is 4.39 Å². The standard InChI is InChI=1S/C17H24FNO2/c1-2-8-19-9-3-6-17(7-10-19)12-15(20)14-5-4-13(18)11-16(14)21-17/h4-5,11,15,20H,2-3,6-10,12H2,1H3/t15-,17?/m0/s1. The van der Waals surface area contributed by atoms with E-state index in [1.807, 2.05) is 0 Å². The molecule has 2 atom stereocenters. The Hall–Kier alpha value is -1.13. The number of nitrogens with zero attached hydrogens (tertiary/aromatic N) is 1. The number of rotatable bonds is 2. The normalized spacial score (nSPS) is 29.8. The van der Waals surface area contributed by atoms with Crippen LogP contribution in [0.4, 0.5) is 4.39 Å². The van der Waals surface area contributed by atoms with Gasteiger partial charge in [-0.2, -0.15) is 0 Å². The van der Waals surface area contributed by atoms with Crippen molar-refractivity contribution in [3.63, 3.8) is 0 Å². The van der Waals surface area contributed by atoms with Crippen LogP contribution in [0.15, 0.2) is 18.2 Å². The van der Waals surface area contributed by atoms with Gasteiger partial charge in [0.2, 0.25) is 0 Å². The predicted octanol–water partition coefficient (Wildman–Crippen LogP) is 3.28. The number of aliphatic hydroxyl groups is 1. The molecule has 0 saturated carbocycles. The summed E-state index contributed by atoms with van der Waals surface area (Å²) in [6.07, 6.45) is 4.13. The molecule has 2 aliphatic heterocycles. The molecule has 1 aromatic carbocycles. The largest absolute Gasteiger partial charge is 0.487 e. The number of halogens is 1. The van der Waals surface area contributed by atoms with Crippen LogP contribution in [0.2, 0.25) is 0 Å². The van der Waals surface area contributed by atoms with Crippen LogP contribution < -0.4 is 4.74 Å². The Morgan fingerprint density at radius 2 is 2.24 bits per heavy atom.